The molecule has 2 aromatic carbocycles. The molecule has 1 N–H and O–H groups in total. The van der Waals surface area contributed by atoms with Crippen LogP contribution >= 0.6 is 0 Å². The van der Waals surface area contributed by atoms with Crippen LogP contribution in [-0.2, 0) is 6.18 Å². The molecule has 1 aromatic heterocycles. The van der Waals surface area contributed by atoms with E-state index in [0.717, 1.165) is 17.7 Å². The summed E-state index contributed by atoms with van der Waals surface area (Å²) in [5.74, 6) is -0.423. The van der Waals surface area contributed by atoms with E-state index >= 15 is 0 Å². The lowest BCUT2D eigenvalue weighted by Crippen LogP contribution is -2.14. The Kier molecular flexibility index (Phi) is 4.54. The zero-order valence-electron chi connectivity index (χ0n) is 14.1. The summed E-state index contributed by atoms with van der Waals surface area (Å²) >= 11 is 0. The van der Waals surface area contributed by atoms with Gasteiger partial charge in [0.1, 0.15) is 0 Å². The number of para-hydroxylation sites is 1. The number of rotatable bonds is 3. The van der Waals surface area contributed by atoms with Gasteiger partial charge in [0.2, 0.25) is 0 Å². The molecule has 26 heavy (non-hydrogen) atoms. The van der Waals surface area contributed by atoms with E-state index in [1.165, 1.54) is 22.9 Å². The predicted molar refractivity (Wildman–Crippen MR) is 92.4 cm³/mol. The van der Waals surface area contributed by atoms with E-state index in [2.05, 4.69) is 10.4 Å². The van der Waals surface area contributed by atoms with Crippen molar-refractivity contribution in [2.75, 3.05) is 5.32 Å². The van der Waals surface area contributed by atoms with Crippen molar-refractivity contribution in [3.8, 4) is 5.69 Å². The number of nitrogens with zero attached hydrogens (tertiary/aromatic N) is 2. The molecule has 0 bridgehead atoms. The lowest BCUT2D eigenvalue weighted by molar-refractivity contribution is -0.137. The van der Waals surface area contributed by atoms with Crippen molar-refractivity contribution in [1.29, 1.82) is 0 Å². The Morgan fingerprint density at radius 3 is 2.46 bits per heavy atom. The van der Waals surface area contributed by atoms with Crippen LogP contribution in [0.3, 0.4) is 0 Å². The Morgan fingerprint density at radius 1 is 1.04 bits per heavy atom. The van der Waals surface area contributed by atoms with Gasteiger partial charge in [-0.3, -0.25) is 4.79 Å². The van der Waals surface area contributed by atoms with Crippen LogP contribution in [0.5, 0.6) is 0 Å². The molecule has 4 nitrogen and oxygen atoms in total. The number of hydrogen-bond donors (Lipinski definition) is 1. The van der Waals surface area contributed by atoms with Gasteiger partial charge in [0, 0.05) is 11.4 Å². The van der Waals surface area contributed by atoms with Gasteiger partial charge in [-0.25, -0.2) is 4.68 Å². The van der Waals surface area contributed by atoms with Crippen molar-refractivity contribution < 1.29 is 18.0 Å². The Balaban J connectivity index is 1.90. The molecule has 0 atom stereocenters. The van der Waals surface area contributed by atoms with Crippen LogP contribution in [-0.4, -0.2) is 15.7 Å². The predicted octanol–water partition coefficient (Wildman–Crippen LogP) is 4.76. The lowest BCUT2D eigenvalue weighted by atomic mass is 10.2. The van der Waals surface area contributed by atoms with Gasteiger partial charge < -0.3 is 5.32 Å². The molecule has 0 radical (unpaired) electrons. The van der Waals surface area contributed by atoms with Gasteiger partial charge in [-0.15, -0.1) is 0 Å². The highest BCUT2D eigenvalue weighted by molar-refractivity contribution is 6.03. The maximum Gasteiger partial charge on any atom is 0.416 e. The van der Waals surface area contributed by atoms with E-state index in [1.807, 2.05) is 19.1 Å². The Hall–Kier alpha value is -3.09. The van der Waals surface area contributed by atoms with E-state index in [9.17, 15) is 18.0 Å². The van der Waals surface area contributed by atoms with Crippen molar-refractivity contribution in [2.45, 2.75) is 20.0 Å². The third kappa shape index (κ3) is 3.61. The van der Waals surface area contributed by atoms with Gasteiger partial charge in [-0.05, 0) is 49.7 Å². The zero-order valence-corrected chi connectivity index (χ0v) is 14.1. The number of carbonyl (C=O) groups excluding carboxylic acids is 1. The summed E-state index contributed by atoms with van der Waals surface area (Å²) in [5, 5.41) is 6.93. The second-order valence-electron chi connectivity index (χ2n) is 5.90. The molecule has 0 fully saturated rings. The van der Waals surface area contributed by atoms with E-state index in [1.54, 1.807) is 19.1 Å². The first kappa shape index (κ1) is 17.7. The Morgan fingerprint density at radius 2 is 1.77 bits per heavy atom. The largest absolute Gasteiger partial charge is 0.416 e. The minimum Gasteiger partial charge on any atom is -0.320 e. The van der Waals surface area contributed by atoms with Crippen molar-refractivity contribution in [2.24, 2.45) is 0 Å². The quantitative estimate of drug-likeness (QED) is 0.733. The van der Waals surface area contributed by atoms with Crippen LogP contribution in [0, 0.1) is 13.8 Å². The van der Waals surface area contributed by atoms with Crippen LogP contribution in [0.25, 0.3) is 5.69 Å². The molecule has 0 saturated carbocycles. The number of halogens is 3. The van der Waals surface area contributed by atoms with Crippen molar-refractivity contribution in [3.63, 3.8) is 0 Å². The van der Waals surface area contributed by atoms with Crippen LogP contribution in [0.4, 0.5) is 18.9 Å². The molecule has 0 aliphatic rings. The standard InChI is InChI=1S/C19H16F3N3O/c1-12-6-3-4-9-16(12)23-18(26)17-10-13(2)25(24-17)15-8-5-7-14(11-15)19(20,21)22/h3-11H,1-2H3,(H,23,26). The van der Waals surface area contributed by atoms with Crippen molar-refractivity contribution in [3.05, 3.63) is 77.1 Å². The summed E-state index contributed by atoms with van der Waals surface area (Å²) in [6.45, 7) is 3.54. The molecule has 0 aliphatic carbocycles. The van der Waals surface area contributed by atoms with E-state index in [-0.39, 0.29) is 11.4 Å². The molecule has 134 valence electrons. The highest BCUT2D eigenvalue weighted by Gasteiger charge is 2.30. The Bertz CT molecular complexity index is 961. The van der Waals surface area contributed by atoms with Gasteiger partial charge in [0.15, 0.2) is 5.69 Å². The molecule has 0 spiro atoms. The topological polar surface area (TPSA) is 46.9 Å². The molecule has 0 aliphatic heterocycles. The number of carbonyl (C=O) groups is 1. The summed E-state index contributed by atoms with van der Waals surface area (Å²) in [6, 6.07) is 13.6. The number of anilines is 1. The maximum absolute atomic E-state index is 12.9. The number of aryl methyl sites for hydroxylation is 2. The molecular formula is C19H16F3N3O. The highest BCUT2D eigenvalue weighted by Crippen LogP contribution is 2.30. The first-order valence-corrected chi connectivity index (χ1v) is 7.87. The second kappa shape index (κ2) is 6.67. The third-order valence-electron chi connectivity index (χ3n) is 3.93. The number of aromatic nitrogens is 2. The van der Waals surface area contributed by atoms with Crippen LogP contribution in [0.15, 0.2) is 54.6 Å². The highest BCUT2D eigenvalue weighted by atomic mass is 19.4. The summed E-state index contributed by atoms with van der Waals surface area (Å²) in [7, 11) is 0. The number of hydrogen-bond acceptors (Lipinski definition) is 2. The fourth-order valence-electron chi connectivity index (χ4n) is 2.56. The van der Waals surface area contributed by atoms with Crippen molar-refractivity contribution in [1.82, 2.24) is 9.78 Å². The van der Waals surface area contributed by atoms with Crippen LogP contribution < -0.4 is 5.32 Å². The maximum atomic E-state index is 12.9. The first-order valence-electron chi connectivity index (χ1n) is 7.87. The zero-order chi connectivity index (χ0) is 18.9. The van der Waals surface area contributed by atoms with Gasteiger partial charge >= 0.3 is 6.18 Å². The van der Waals surface area contributed by atoms with Gasteiger partial charge in [0.05, 0.1) is 11.3 Å². The number of alkyl halides is 3. The smallest absolute Gasteiger partial charge is 0.320 e. The van der Waals surface area contributed by atoms with E-state index in [0.29, 0.717) is 11.4 Å². The average molecular weight is 359 g/mol. The first-order chi connectivity index (χ1) is 12.3. The van der Waals surface area contributed by atoms with E-state index in [4.69, 9.17) is 0 Å². The fraction of sp³-hybridized carbons (Fsp3) is 0.158. The minimum absolute atomic E-state index is 0.128. The molecule has 0 unspecified atom stereocenters. The fourth-order valence-corrected chi connectivity index (χ4v) is 2.56. The molecule has 1 amide bonds. The molecule has 1 heterocycles. The molecule has 3 aromatic rings. The van der Waals surface area contributed by atoms with Gasteiger partial charge in [0.25, 0.3) is 5.91 Å². The number of amides is 1. The molecular weight excluding hydrogens is 343 g/mol. The minimum atomic E-state index is -4.44. The number of benzene rings is 2. The monoisotopic (exact) mass is 359 g/mol. The third-order valence-corrected chi connectivity index (χ3v) is 3.93. The van der Waals surface area contributed by atoms with Crippen molar-refractivity contribution >= 4 is 11.6 Å². The van der Waals surface area contributed by atoms with Crippen LogP contribution in [0.2, 0.25) is 0 Å². The average Bonchev–Trinajstić information content (AvgIpc) is 2.98. The normalized spacial score (nSPS) is 11.4. The lowest BCUT2D eigenvalue weighted by Gasteiger charge is -2.10. The molecule has 0 saturated heterocycles. The van der Waals surface area contributed by atoms with Gasteiger partial charge in [-0.1, -0.05) is 24.3 Å². The van der Waals surface area contributed by atoms with E-state index < -0.39 is 17.6 Å². The van der Waals surface area contributed by atoms with Crippen LogP contribution in [0.1, 0.15) is 27.3 Å². The summed E-state index contributed by atoms with van der Waals surface area (Å²) < 4.78 is 40.0. The molecule has 3 rings (SSSR count). The second-order valence-corrected chi connectivity index (χ2v) is 5.90. The van der Waals surface area contributed by atoms with Gasteiger partial charge in [-0.2, -0.15) is 18.3 Å². The summed E-state index contributed by atoms with van der Waals surface area (Å²) in [4.78, 5) is 12.4. The SMILES string of the molecule is Cc1ccccc1NC(=O)c1cc(C)n(-c2cccc(C(F)(F)F)c2)n1. The molecule has 7 heteroatoms. The summed E-state index contributed by atoms with van der Waals surface area (Å²) in [5.41, 5.74) is 1.71. The summed E-state index contributed by atoms with van der Waals surface area (Å²) in [6.07, 6.45) is -4.44. The Labute approximate surface area is 148 Å². The number of nitrogens with one attached hydrogen (secondary N) is 1.